The van der Waals surface area contributed by atoms with Gasteiger partial charge in [-0.15, -0.1) is 11.1 Å². The third-order valence-corrected chi connectivity index (χ3v) is 1.57. The number of hydrogen-bond acceptors (Lipinski definition) is 1. The molecule has 2 heteroatoms. The Kier molecular flexibility index (Phi) is 2.75. The molecule has 0 aliphatic carbocycles. The second-order valence-electron chi connectivity index (χ2n) is 2.24. The summed E-state index contributed by atoms with van der Waals surface area (Å²) in [6.07, 6.45) is 3.67. The Morgan fingerprint density at radius 1 is 1.45 bits per heavy atom. The Hall–Kier alpha value is -0.721. The van der Waals surface area contributed by atoms with E-state index in [9.17, 15) is 0 Å². The second-order valence-corrected chi connectivity index (χ2v) is 2.24. The van der Waals surface area contributed by atoms with Gasteiger partial charge in [0.1, 0.15) is 0 Å². The molecule has 0 saturated carbocycles. The number of hydrogen-bond donors (Lipinski definition) is 0. The summed E-state index contributed by atoms with van der Waals surface area (Å²) >= 11 is 0. The van der Waals surface area contributed by atoms with Gasteiger partial charge in [0.15, 0.2) is 0 Å². The molecular weight excluding hydrogens is 188 g/mol. The summed E-state index contributed by atoms with van der Waals surface area (Å²) in [5.41, 5.74) is 2.45. The summed E-state index contributed by atoms with van der Waals surface area (Å²) < 4.78 is 5.10. The van der Waals surface area contributed by atoms with Crippen LogP contribution in [0.5, 0.6) is 0 Å². The maximum atomic E-state index is 5.10. The normalized spacial score (nSPS) is 12.7. The summed E-state index contributed by atoms with van der Waals surface area (Å²) in [6, 6.07) is 8.91. The molecule has 0 bridgehead atoms. The van der Waals surface area contributed by atoms with Crippen LogP contribution in [0, 0.1) is 6.07 Å². The molecule has 0 radical (unpaired) electrons. The molecule has 11 heavy (non-hydrogen) atoms. The van der Waals surface area contributed by atoms with Gasteiger partial charge in [-0.1, -0.05) is 6.08 Å². The molecule has 0 saturated heterocycles. The summed E-state index contributed by atoms with van der Waals surface area (Å²) in [5.74, 6) is 0. The Bertz CT molecular complexity index is 268. The Morgan fingerprint density at radius 3 is 3.18 bits per heavy atom. The SMILES string of the molecule is [Cu+].[c-]1ccc2c(c1)C=COC2. The molecular formula is C9H7CuO. The monoisotopic (exact) mass is 194 g/mol. The van der Waals surface area contributed by atoms with E-state index in [1.165, 1.54) is 11.1 Å². The molecule has 60 valence electrons. The first-order valence-corrected chi connectivity index (χ1v) is 3.24. The van der Waals surface area contributed by atoms with Crippen LogP contribution in [0.3, 0.4) is 0 Å². The molecule has 1 aliphatic heterocycles. The number of rotatable bonds is 0. The van der Waals surface area contributed by atoms with Crippen LogP contribution in [0.25, 0.3) is 6.08 Å². The minimum absolute atomic E-state index is 0. The molecule has 1 heterocycles. The first kappa shape index (κ1) is 8.38. The molecule has 1 nitrogen and oxygen atoms in total. The van der Waals surface area contributed by atoms with Crippen LogP contribution in [-0.2, 0) is 28.4 Å². The third-order valence-electron chi connectivity index (χ3n) is 1.57. The van der Waals surface area contributed by atoms with Crippen molar-refractivity contribution in [2.24, 2.45) is 0 Å². The maximum absolute atomic E-state index is 5.10. The van der Waals surface area contributed by atoms with Gasteiger partial charge < -0.3 is 4.74 Å². The largest absolute Gasteiger partial charge is 1.00 e. The molecule has 0 aromatic heterocycles. The molecule has 0 amide bonds. The van der Waals surface area contributed by atoms with Gasteiger partial charge in [-0.05, 0) is 0 Å². The number of benzene rings is 1. The molecule has 0 unspecified atom stereocenters. The average Bonchev–Trinajstić information content (AvgIpc) is 2.05. The summed E-state index contributed by atoms with van der Waals surface area (Å²) in [6.45, 7) is 0.695. The summed E-state index contributed by atoms with van der Waals surface area (Å²) in [4.78, 5) is 0. The van der Waals surface area contributed by atoms with E-state index in [0.29, 0.717) is 6.61 Å². The fraction of sp³-hybridized carbons (Fsp3) is 0.111. The topological polar surface area (TPSA) is 9.23 Å². The van der Waals surface area contributed by atoms with E-state index in [4.69, 9.17) is 4.74 Å². The van der Waals surface area contributed by atoms with E-state index in [1.54, 1.807) is 6.26 Å². The Morgan fingerprint density at radius 2 is 2.36 bits per heavy atom. The molecule has 0 spiro atoms. The zero-order chi connectivity index (χ0) is 6.81. The standard InChI is InChI=1S/C9H7O.Cu/c1-2-4-9-7-10-6-5-8(9)3-1;/h2-6H,7H2;/q-1;+1. The number of ether oxygens (including phenoxy) is 1. The smallest absolute Gasteiger partial charge is 0.500 e. The van der Waals surface area contributed by atoms with Gasteiger partial charge in [0, 0.05) is 0 Å². The van der Waals surface area contributed by atoms with Crippen molar-refractivity contribution in [3.05, 3.63) is 41.7 Å². The third kappa shape index (κ3) is 1.65. The van der Waals surface area contributed by atoms with Crippen LogP contribution in [-0.4, -0.2) is 0 Å². The van der Waals surface area contributed by atoms with Crippen molar-refractivity contribution in [1.29, 1.82) is 0 Å². The van der Waals surface area contributed by atoms with Gasteiger partial charge in [0.2, 0.25) is 0 Å². The van der Waals surface area contributed by atoms with Gasteiger partial charge in [-0.3, -0.25) is 0 Å². The van der Waals surface area contributed by atoms with Gasteiger partial charge >= 0.3 is 17.1 Å². The predicted molar refractivity (Wildman–Crippen MR) is 39.1 cm³/mol. The van der Waals surface area contributed by atoms with E-state index in [0.717, 1.165) is 0 Å². The van der Waals surface area contributed by atoms with Gasteiger partial charge in [0.05, 0.1) is 12.9 Å². The van der Waals surface area contributed by atoms with Crippen LogP contribution in [0.15, 0.2) is 24.5 Å². The Balaban J connectivity index is 0.000000605. The van der Waals surface area contributed by atoms with Crippen molar-refractivity contribution in [2.75, 3.05) is 0 Å². The first-order valence-electron chi connectivity index (χ1n) is 3.24. The van der Waals surface area contributed by atoms with Crippen molar-refractivity contribution < 1.29 is 21.8 Å². The first-order chi connectivity index (χ1) is 4.97. The van der Waals surface area contributed by atoms with Crippen molar-refractivity contribution in [3.8, 4) is 0 Å². The van der Waals surface area contributed by atoms with Crippen molar-refractivity contribution in [2.45, 2.75) is 6.61 Å². The van der Waals surface area contributed by atoms with Gasteiger partial charge in [-0.2, -0.15) is 24.3 Å². The van der Waals surface area contributed by atoms with Crippen LogP contribution in [0.2, 0.25) is 0 Å². The second kappa shape index (κ2) is 3.61. The quantitative estimate of drug-likeness (QED) is 0.454. The maximum Gasteiger partial charge on any atom is 1.00 e. The Labute approximate surface area is 76.5 Å². The van der Waals surface area contributed by atoms with E-state index >= 15 is 0 Å². The minimum atomic E-state index is 0. The fourth-order valence-corrected chi connectivity index (χ4v) is 1.02. The van der Waals surface area contributed by atoms with E-state index < -0.39 is 0 Å². The van der Waals surface area contributed by atoms with E-state index in [1.807, 2.05) is 24.3 Å². The fourth-order valence-electron chi connectivity index (χ4n) is 1.02. The molecule has 0 atom stereocenters. The zero-order valence-electron chi connectivity index (χ0n) is 5.80. The van der Waals surface area contributed by atoms with Gasteiger partial charge in [-0.25, -0.2) is 0 Å². The van der Waals surface area contributed by atoms with E-state index in [-0.39, 0.29) is 17.1 Å². The van der Waals surface area contributed by atoms with Crippen LogP contribution >= 0.6 is 0 Å². The van der Waals surface area contributed by atoms with Crippen molar-refractivity contribution in [3.63, 3.8) is 0 Å². The number of fused-ring (bicyclic) bond motifs is 1. The molecule has 0 N–H and O–H groups in total. The van der Waals surface area contributed by atoms with Crippen LogP contribution in [0.1, 0.15) is 11.1 Å². The molecule has 1 aromatic carbocycles. The van der Waals surface area contributed by atoms with E-state index in [2.05, 4.69) is 6.07 Å². The summed E-state index contributed by atoms with van der Waals surface area (Å²) in [7, 11) is 0. The van der Waals surface area contributed by atoms with Gasteiger partial charge in [0.25, 0.3) is 0 Å². The molecule has 2 rings (SSSR count). The summed E-state index contributed by atoms with van der Waals surface area (Å²) in [5, 5.41) is 0. The minimum Gasteiger partial charge on any atom is -0.500 e. The predicted octanol–water partition coefficient (Wildman–Crippen LogP) is 1.99. The molecule has 0 fully saturated rings. The average molecular weight is 195 g/mol. The van der Waals surface area contributed by atoms with Crippen molar-refractivity contribution in [1.82, 2.24) is 0 Å². The van der Waals surface area contributed by atoms with Crippen LogP contribution in [0.4, 0.5) is 0 Å². The van der Waals surface area contributed by atoms with Crippen molar-refractivity contribution >= 4 is 6.08 Å². The zero-order valence-corrected chi connectivity index (χ0v) is 6.75. The van der Waals surface area contributed by atoms with Crippen LogP contribution < -0.4 is 0 Å². The molecule has 1 aromatic rings. The molecule has 1 aliphatic rings.